The Morgan fingerprint density at radius 1 is 1.29 bits per heavy atom. The fourth-order valence-electron chi connectivity index (χ4n) is 1.71. The summed E-state index contributed by atoms with van der Waals surface area (Å²) in [6, 6.07) is 10.5. The fraction of sp³-hybridized carbons (Fsp3) is 0.308. The Balaban J connectivity index is 1.80. The standard InChI is InChI=1S/C13H16BrN3/c1-16(10-12-5-3-2-4-6-12)7-8-17-11-13(14)9-15-17/h2-6,9,11H,7-8,10H2,1H3. The third kappa shape index (κ3) is 3.98. The number of hydrogen-bond donors (Lipinski definition) is 0. The first kappa shape index (κ1) is 12.3. The van der Waals surface area contributed by atoms with Gasteiger partial charge < -0.3 is 4.90 Å². The number of hydrogen-bond acceptors (Lipinski definition) is 2. The molecule has 0 aliphatic heterocycles. The van der Waals surface area contributed by atoms with Crippen molar-refractivity contribution in [3.63, 3.8) is 0 Å². The SMILES string of the molecule is CN(CCn1cc(Br)cn1)Cc1ccccc1. The van der Waals surface area contributed by atoms with E-state index in [9.17, 15) is 0 Å². The van der Waals surface area contributed by atoms with E-state index < -0.39 is 0 Å². The van der Waals surface area contributed by atoms with Crippen LogP contribution in [0.5, 0.6) is 0 Å². The third-order valence-electron chi connectivity index (χ3n) is 2.61. The highest BCUT2D eigenvalue weighted by Gasteiger charge is 2.01. The van der Waals surface area contributed by atoms with Crippen LogP contribution in [0.1, 0.15) is 5.56 Å². The average Bonchev–Trinajstić information content (AvgIpc) is 2.74. The highest BCUT2D eigenvalue weighted by molar-refractivity contribution is 9.10. The molecule has 1 aromatic carbocycles. The van der Waals surface area contributed by atoms with Gasteiger partial charge >= 0.3 is 0 Å². The monoisotopic (exact) mass is 293 g/mol. The molecule has 0 bridgehead atoms. The number of likely N-dealkylation sites (N-methyl/N-ethyl adjacent to an activating group) is 1. The van der Waals surface area contributed by atoms with Gasteiger partial charge in [-0.25, -0.2) is 0 Å². The van der Waals surface area contributed by atoms with Gasteiger partial charge in [0, 0.05) is 19.3 Å². The van der Waals surface area contributed by atoms with Crippen LogP contribution in [0.15, 0.2) is 47.2 Å². The lowest BCUT2D eigenvalue weighted by molar-refractivity contribution is 0.305. The van der Waals surface area contributed by atoms with Crippen molar-refractivity contribution in [2.24, 2.45) is 0 Å². The van der Waals surface area contributed by atoms with E-state index in [4.69, 9.17) is 0 Å². The molecule has 0 atom stereocenters. The molecule has 2 aromatic rings. The second-order valence-electron chi connectivity index (χ2n) is 4.15. The quantitative estimate of drug-likeness (QED) is 0.845. The first-order valence-electron chi connectivity index (χ1n) is 5.64. The van der Waals surface area contributed by atoms with E-state index in [0.717, 1.165) is 24.1 Å². The van der Waals surface area contributed by atoms with Crippen molar-refractivity contribution in [1.82, 2.24) is 14.7 Å². The van der Waals surface area contributed by atoms with Crippen molar-refractivity contribution in [2.45, 2.75) is 13.1 Å². The number of aromatic nitrogens is 2. The molecule has 0 saturated heterocycles. The van der Waals surface area contributed by atoms with Gasteiger partial charge in [-0.15, -0.1) is 0 Å². The zero-order chi connectivity index (χ0) is 12.1. The summed E-state index contributed by atoms with van der Waals surface area (Å²) in [7, 11) is 2.13. The van der Waals surface area contributed by atoms with Crippen LogP contribution in [-0.4, -0.2) is 28.3 Å². The van der Waals surface area contributed by atoms with Crippen LogP contribution in [0.25, 0.3) is 0 Å². The van der Waals surface area contributed by atoms with E-state index in [-0.39, 0.29) is 0 Å². The molecule has 1 heterocycles. The molecule has 3 nitrogen and oxygen atoms in total. The van der Waals surface area contributed by atoms with Gasteiger partial charge in [-0.1, -0.05) is 30.3 Å². The van der Waals surface area contributed by atoms with Gasteiger partial charge in [0.05, 0.1) is 17.2 Å². The summed E-state index contributed by atoms with van der Waals surface area (Å²) in [6.07, 6.45) is 3.81. The highest BCUT2D eigenvalue weighted by atomic mass is 79.9. The van der Waals surface area contributed by atoms with Crippen molar-refractivity contribution in [3.8, 4) is 0 Å². The first-order valence-corrected chi connectivity index (χ1v) is 6.44. The van der Waals surface area contributed by atoms with Crippen molar-refractivity contribution in [1.29, 1.82) is 0 Å². The Hall–Kier alpha value is -1.13. The minimum Gasteiger partial charge on any atom is -0.300 e. The molecule has 0 aliphatic rings. The molecule has 0 fully saturated rings. The summed E-state index contributed by atoms with van der Waals surface area (Å²) in [5, 5.41) is 4.24. The van der Waals surface area contributed by atoms with Gasteiger partial charge in [0.1, 0.15) is 0 Å². The lowest BCUT2D eigenvalue weighted by atomic mass is 10.2. The van der Waals surface area contributed by atoms with Crippen LogP contribution < -0.4 is 0 Å². The molecule has 0 radical (unpaired) electrons. The molecule has 0 unspecified atom stereocenters. The fourth-order valence-corrected chi connectivity index (χ4v) is 2.04. The molecule has 1 aromatic heterocycles. The second-order valence-corrected chi connectivity index (χ2v) is 5.06. The molecule has 0 N–H and O–H groups in total. The lowest BCUT2D eigenvalue weighted by Crippen LogP contribution is -2.23. The predicted octanol–water partition coefficient (Wildman–Crippen LogP) is 2.78. The van der Waals surface area contributed by atoms with Crippen LogP contribution in [0.4, 0.5) is 0 Å². The molecule has 0 amide bonds. The van der Waals surface area contributed by atoms with Crippen LogP contribution in [-0.2, 0) is 13.1 Å². The molecule has 4 heteroatoms. The van der Waals surface area contributed by atoms with Gasteiger partial charge in [-0.05, 0) is 28.5 Å². The summed E-state index contributed by atoms with van der Waals surface area (Å²) in [6.45, 7) is 2.88. The average molecular weight is 294 g/mol. The van der Waals surface area contributed by atoms with Crippen LogP contribution in [0.3, 0.4) is 0 Å². The van der Waals surface area contributed by atoms with Gasteiger partial charge in [0.15, 0.2) is 0 Å². The third-order valence-corrected chi connectivity index (χ3v) is 3.02. The van der Waals surface area contributed by atoms with E-state index in [0.29, 0.717) is 0 Å². The predicted molar refractivity (Wildman–Crippen MR) is 72.7 cm³/mol. The topological polar surface area (TPSA) is 21.1 Å². The van der Waals surface area contributed by atoms with E-state index in [2.05, 4.69) is 57.2 Å². The van der Waals surface area contributed by atoms with Crippen LogP contribution >= 0.6 is 15.9 Å². The normalized spacial score (nSPS) is 11.0. The van der Waals surface area contributed by atoms with Gasteiger partial charge in [0.25, 0.3) is 0 Å². The van der Waals surface area contributed by atoms with E-state index in [1.807, 2.05) is 23.1 Å². The zero-order valence-corrected chi connectivity index (χ0v) is 11.5. The van der Waals surface area contributed by atoms with Crippen molar-refractivity contribution < 1.29 is 0 Å². The smallest absolute Gasteiger partial charge is 0.0632 e. The molecule has 0 spiro atoms. The van der Waals surface area contributed by atoms with E-state index in [1.54, 1.807) is 0 Å². The summed E-state index contributed by atoms with van der Waals surface area (Å²) < 4.78 is 2.98. The summed E-state index contributed by atoms with van der Waals surface area (Å²) >= 11 is 3.40. The van der Waals surface area contributed by atoms with Gasteiger partial charge in [-0.3, -0.25) is 4.68 Å². The molecular weight excluding hydrogens is 278 g/mol. The summed E-state index contributed by atoms with van der Waals surface area (Å²) in [4.78, 5) is 2.30. The number of benzene rings is 1. The Morgan fingerprint density at radius 2 is 2.06 bits per heavy atom. The van der Waals surface area contributed by atoms with Gasteiger partial charge in [-0.2, -0.15) is 5.10 Å². The number of halogens is 1. The molecule has 0 aliphatic carbocycles. The zero-order valence-electron chi connectivity index (χ0n) is 9.88. The Morgan fingerprint density at radius 3 is 2.71 bits per heavy atom. The molecule has 0 saturated carbocycles. The largest absolute Gasteiger partial charge is 0.300 e. The molecule has 17 heavy (non-hydrogen) atoms. The Labute approximate surface area is 110 Å². The van der Waals surface area contributed by atoms with Crippen molar-refractivity contribution >= 4 is 15.9 Å². The maximum atomic E-state index is 4.24. The Kier molecular flexibility index (Phi) is 4.34. The highest BCUT2D eigenvalue weighted by Crippen LogP contribution is 2.06. The Bertz CT molecular complexity index is 453. The first-order chi connectivity index (χ1) is 8.24. The van der Waals surface area contributed by atoms with Crippen LogP contribution in [0.2, 0.25) is 0 Å². The van der Waals surface area contributed by atoms with Gasteiger partial charge in [0.2, 0.25) is 0 Å². The minimum atomic E-state index is 0.912. The number of nitrogens with zero attached hydrogens (tertiary/aromatic N) is 3. The van der Waals surface area contributed by atoms with Crippen LogP contribution in [0, 0.1) is 0 Å². The lowest BCUT2D eigenvalue weighted by Gasteiger charge is -2.16. The van der Waals surface area contributed by atoms with E-state index >= 15 is 0 Å². The van der Waals surface area contributed by atoms with Crippen molar-refractivity contribution in [2.75, 3.05) is 13.6 Å². The maximum Gasteiger partial charge on any atom is 0.0632 e. The maximum absolute atomic E-state index is 4.24. The summed E-state index contributed by atoms with van der Waals surface area (Å²) in [5.41, 5.74) is 1.34. The van der Waals surface area contributed by atoms with Crippen molar-refractivity contribution in [3.05, 3.63) is 52.8 Å². The second kappa shape index (κ2) is 5.98. The molecular formula is C13H16BrN3. The summed E-state index contributed by atoms with van der Waals surface area (Å²) in [5.74, 6) is 0. The molecule has 2 rings (SSSR count). The molecule has 90 valence electrons. The minimum absolute atomic E-state index is 0.912. The number of rotatable bonds is 5. The van der Waals surface area contributed by atoms with E-state index in [1.165, 1.54) is 5.56 Å².